The van der Waals surface area contributed by atoms with Crippen LogP contribution in [0, 0.1) is 0 Å². The van der Waals surface area contributed by atoms with Gasteiger partial charge in [0.25, 0.3) is 0 Å². The van der Waals surface area contributed by atoms with E-state index in [1.54, 1.807) is 20.8 Å². The van der Waals surface area contributed by atoms with E-state index in [4.69, 9.17) is 4.74 Å². The molecule has 1 rings (SSSR count). The van der Waals surface area contributed by atoms with Gasteiger partial charge in [0.15, 0.2) is 0 Å². The van der Waals surface area contributed by atoms with Gasteiger partial charge in [-0.2, -0.15) is 26.3 Å². The summed E-state index contributed by atoms with van der Waals surface area (Å²) in [4.78, 5) is 35.9. The smallest absolute Gasteiger partial charge is 0.416 e. The Hall–Kier alpha value is -2.79. The van der Waals surface area contributed by atoms with Crippen LogP contribution in [-0.4, -0.2) is 36.6 Å². The van der Waals surface area contributed by atoms with Crippen LogP contribution >= 0.6 is 0 Å². The molecule has 1 atom stereocenters. The number of hydrogen-bond donors (Lipinski definition) is 1. The summed E-state index contributed by atoms with van der Waals surface area (Å²) >= 11 is 0. The Bertz CT molecular complexity index is 794. The Balaban J connectivity index is 3.06. The highest BCUT2D eigenvalue weighted by atomic mass is 19.4. The van der Waals surface area contributed by atoms with Gasteiger partial charge < -0.3 is 14.8 Å². The monoisotopic (exact) mass is 457 g/mol. The third-order valence-electron chi connectivity index (χ3n) is 3.62. The SMILES string of the molecule is COC(=O)[C@@H](CC(=O)OC(C)(C)C)NC(=O)Cc1cc(C(F)(F)F)cc(C(F)(F)F)c1. The first-order valence-corrected chi connectivity index (χ1v) is 8.80. The standard InChI is InChI=1S/C19H21F6NO5/c1-17(2,3)31-15(28)9-13(16(29)30-4)26-14(27)7-10-5-11(18(20,21)22)8-12(6-10)19(23,24)25/h5-6,8,13H,7,9H2,1-4H3,(H,26,27)/t13-/m1/s1. The molecule has 0 unspecified atom stereocenters. The summed E-state index contributed by atoms with van der Waals surface area (Å²) in [6.45, 7) is 4.67. The van der Waals surface area contributed by atoms with Crippen LogP contribution in [0.2, 0.25) is 0 Å². The summed E-state index contributed by atoms with van der Waals surface area (Å²) < 4.78 is 87.1. The number of esters is 2. The van der Waals surface area contributed by atoms with Crippen LogP contribution < -0.4 is 5.32 Å². The van der Waals surface area contributed by atoms with Gasteiger partial charge in [-0.05, 0) is 44.5 Å². The largest absolute Gasteiger partial charge is 0.467 e. The number of carbonyl (C=O) groups is 3. The highest BCUT2D eigenvalue weighted by molar-refractivity contribution is 5.88. The summed E-state index contributed by atoms with van der Waals surface area (Å²) in [7, 11) is 0.971. The lowest BCUT2D eigenvalue weighted by Gasteiger charge is -2.22. The fourth-order valence-electron chi connectivity index (χ4n) is 2.44. The van der Waals surface area contributed by atoms with Crippen molar-refractivity contribution in [2.45, 2.75) is 57.6 Å². The van der Waals surface area contributed by atoms with Gasteiger partial charge in [-0.1, -0.05) is 0 Å². The maximum Gasteiger partial charge on any atom is 0.416 e. The molecule has 0 spiro atoms. The summed E-state index contributed by atoms with van der Waals surface area (Å²) in [5, 5.41) is 2.07. The van der Waals surface area contributed by atoms with Crippen LogP contribution in [0.3, 0.4) is 0 Å². The molecule has 0 saturated heterocycles. The third kappa shape index (κ3) is 8.85. The number of alkyl halides is 6. The highest BCUT2D eigenvalue weighted by Gasteiger charge is 2.37. The number of hydrogen-bond acceptors (Lipinski definition) is 5. The Morgan fingerprint density at radius 3 is 1.81 bits per heavy atom. The minimum Gasteiger partial charge on any atom is -0.467 e. The van der Waals surface area contributed by atoms with Crippen LogP contribution in [-0.2, 0) is 42.6 Å². The molecule has 0 aromatic heterocycles. The zero-order valence-electron chi connectivity index (χ0n) is 17.0. The molecule has 0 bridgehead atoms. The van der Waals surface area contributed by atoms with Crippen LogP contribution in [0.15, 0.2) is 18.2 Å². The summed E-state index contributed by atoms with van der Waals surface area (Å²) in [5.74, 6) is -3.01. The van der Waals surface area contributed by atoms with Crippen LogP contribution in [0.1, 0.15) is 43.9 Å². The maximum absolute atomic E-state index is 12.9. The van der Waals surface area contributed by atoms with Crippen LogP contribution in [0.4, 0.5) is 26.3 Å². The van der Waals surface area contributed by atoms with Crippen molar-refractivity contribution in [2.75, 3.05) is 7.11 Å². The third-order valence-corrected chi connectivity index (χ3v) is 3.62. The van der Waals surface area contributed by atoms with E-state index in [1.165, 1.54) is 0 Å². The molecule has 6 nitrogen and oxygen atoms in total. The second kappa shape index (κ2) is 9.56. The topological polar surface area (TPSA) is 81.7 Å². The summed E-state index contributed by atoms with van der Waals surface area (Å²) in [5.41, 5.74) is -4.64. The fourth-order valence-corrected chi connectivity index (χ4v) is 2.44. The number of carbonyl (C=O) groups excluding carboxylic acids is 3. The van der Waals surface area contributed by atoms with E-state index in [2.05, 4.69) is 10.1 Å². The second-order valence-electron chi connectivity index (χ2n) is 7.52. The van der Waals surface area contributed by atoms with Gasteiger partial charge >= 0.3 is 24.3 Å². The zero-order chi connectivity index (χ0) is 24.2. The molecule has 12 heteroatoms. The normalized spacial score (nSPS) is 13.4. The van der Waals surface area contributed by atoms with Crippen molar-refractivity contribution in [1.29, 1.82) is 0 Å². The van der Waals surface area contributed by atoms with Crippen LogP contribution in [0.5, 0.6) is 0 Å². The molecule has 31 heavy (non-hydrogen) atoms. The Labute approximate surface area is 173 Å². The van der Waals surface area contributed by atoms with Crippen molar-refractivity contribution < 1.29 is 50.2 Å². The summed E-state index contributed by atoms with van der Waals surface area (Å²) in [6.07, 6.45) is -11.7. The number of benzene rings is 1. The number of amides is 1. The number of halogens is 6. The van der Waals surface area contributed by atoms with Gasteiger partial charge in [-0.15, -0.1) is 0 Å². The van der Waals surface area contributed by atoms with Crippen LogP contribution in [0.25, 0.3) is 0 Å². The minimum absolute atomic E-state index is 0.0683. The predicted molar refractivity (Wildman–Crippen MR) is 94.6 cm³/mol. The van der Waals surface area contributed by atoms with E-state index in [0.717, 1.165) is 7.11 Å². The number of methoxy groups -OCH3 is 1. The van der Waals surface area contributed by atoms with Crippen molar-refractivity contribution >= 4 is 17.8 Å². The Morgan fingerprint density at radius 2 is 1.42 bits per heavy atom. The van der Waals surface area contributed by atoms with Crippen molar-refractivity contribution in [1.82, 2.24) is 5.32 Å². The van der Waals surface area contributed by atoms with Crippen molar-refractivity contribution in [3.8, 4) is 0 Å². The van der Waals surface area contributed by atoms with Gasteiger partial charge in [0.05, 0.1) is 31.1 Å². The average molecular weight is 457 g/mol. The van der Waals surface area contributed by atoms with Gasteiger partial charge in [-0.25, -0.2) is 4.79 Å². The molecule has 1 amide bonds. The van der Waals surface area contributed by atoms with Crippen molar-refractivity contribution in [2.24, 2.45) is 0 Å². The molecule has 1 aromatic rings. The first kappa shape index (κ1) is 26.2. The Morgan fingerprint density at radius 1 is 0.935 bits per heavy atom. The average Bonchev–Trinajstić information content (AvgIpc) is 2.56. The van der Waals surface area contributed by atoms with Crippen molar-refractivity contribution in [3.05, 3.63) is 34.9 Å². The van der Waals surface area contributed by atoms with Gasteiger partial charge in [0.1, 0.15) is 11.6 Å². The molecule has 0 fully saturated rings. The molecule has 0 heterocycles. The first-order valence-electron chi connectivity index (χ1n) is 8.80. The number of nitrogens with one attached hydrogen (secondary N) is 1. The molecular formula is C19H21F6NO5. The minimum atomic E-state index is -5.07. The fraction of sp³-hybridized carbons (Fsp3) is 0.526. The molecular weight excluding hydrogens is 436 g/mol. The second-order valence-corrected chi connectivity index (χ2v) is 7.52. The van der Waals surface area contributed by atoms with E-state index < -0.39 is 71.4 Å². The molecule has 0 radical (unpaired) electrons. The van der Waals surface area contributed by atoms with E-state index >= 15 is 0 Å². The van der Waals surface area contributed by atoms with E-state index in [0.29, 0.717) is 12.1 Å². The zero-order valence-corrected chi connectivity index (χ0v) is 17.0. The molecule has 0 aliphatic carbocycles. The van der Waals surface area contributed by atoms with E-state index in [1.807, 2.05) is 0 Å². The number of ether oxygens (including phenoxy) is 2. The first-order chi connectivity index (χ1) is 13.9. The Kier molecular flexibility index (Phi) is 8.10. The van der Waals surface area contributed by atoms with Gasteiger partial charge in [0.2, 0.25) is 5.91 Å². The predicted octanol–water partition coefficient (Wildman–Crippen LogP) is 3.66. The number of rotatable bonds is 6. The molecule has 1 N–H and O–H groups in total. The lowest BCUT2D eigenvalue weighted by molar-refractivity contribution is -0.159. The van der Waals surface area contributed by atoms with Gasteiger partial charge in [0, 0.05) is 0 Å². The lowest BCUT2D eigenvalue weighted by atomic mass is 10.0. The highest BCUT2D eigenvalue weighted by Crippen LogP contribution is 2.36. The van der Waals surface area contributed by atoms with Gasteiger partial charge in [-0.3, -0.25) is 9.59 Å². The lowest BCUT2D eigenvalue weighted by Crippen LogP contribution is -2.44. The van der Waals surface area contributed by atoms with Crippen molar-refractivity contribution in [3.63, 3.8) is 0 Å². The molecule has 0 saturated carbocycles. The molecule has 0 aliphatic heterocycles. The molecule has 0 aliphatic rings. The van der Waals surface area contributed by atoms with E-state index in [-0.39, 0.29) is 6.07 Å². The molecule has 1 aromatic carbocycles. The summed E-state index contributed by atoms with van der Waals surface area (Å²) in [6, 6.07) is -0.812. The molecule has 174 valence electrons. The quantitative estimate of drug-likeness (QED) is 0.521. The maximum atomic E-state index is 12.9. The van der Waals surface area contributed by atoms with E-state index in [9.17, 15) is 40.7 Å².